The zero-order valence-corrected chi connectivity index (χ0v) is 12.7. The van der Waals surface area contributed by atoms with E-state index in [0.29, 0.717) is 6.61 Å². The minimum absolute atomic E-state index is 0.0235. The first-order chi connectivity index (χ1) is 10.3. The minimum Gasteiger partial charge on any atom is -0.367 e. The van der Waals surface area contributed by atoms with E-state index in [4.69, 9.17) is 4.74 Å². The van der Waals surface area contributed by atoms with E-state index < -0.39 is 0 Å². The lowest BCUT2D eigenvalue weighted by atomic mass is 10.1. The Balaban J connectivity index is 1.47. The van der Waals surface area contributed by atoms with E-state index in [9.17, 15) is 4.79 Å². The highest BCUT2D eigenvalue weighted by molar-refractivity contribution is 5.77. The number of carbonyl (C=O) groups excluding carboxylic acids is 1. The van der Waals surface area contributed by atoms with Crippen LogP contribution in [0.3, 0.4) is 0 Å². The first-order valence-corrected chi connectivity index (χ1v) is 7.95. The van der Waals surface area contributed by atoms with E-state index in [1.165, 1.54) is 32.4 Å². The maximum atomic E-state index is 11.6. The summed E-state index contributed by atoms with van der Waals surface area (Å²) >= 11 is 0. The smallest absolute Gasteiger partial charge is 0.246 e. The van der Waals surface area contributed by atoms with Crippen molar-refractivity contribution in [2.75, 3.05) is 32.8 Å². The molecule has 21 heavy (non-hydrogen) atoms. The Morgan fingerprint density at radius 3 is 2.67 bits per heavy atom. The van der Waals surface area contributed by atoms with Crippen molar-refractivity contribution in [1.82, 2.24) is 10.2 Å². The van der Waals surface area contributed by atoms with Gasteiger partial charge in [-0.05, 0) is 44.5 Å². The fourth-order valence-corrected chi connectivity index (χ4v) is 2.60. The summed E-state index contributed by atoms with van der Waals surface area (Å²) in [6.45, 7) is 4.89. The molecule has 1 aromatic carbocycles. The first kappa shape index (κ1) is 16.0. The van der Waals surface area contributed by atoms with Crippen LogP contribution in [-0.4, -0.2) is 43.6 Å². The molecule has 1 aromatic rings. The fourth-order valence-electron chi connectivity index (χ4n) is 2.60. The fraction of sp³-hybridized carbons (Fsp3) is 0.588. The van der Waals surface area contributed by atoms with Crippen molar-refractivity contribution in [1.29, 1.82) is 0 Å². The molecule has 1 aliphatic heterocycles. The molecule has 1 N–H and O–H groups in total. The quantitative estimate of drug-likeness (QED) is 0.746. The molecule has 0 atom stereocenters. The van der Waals surface area contributed by atoms with Crippen LogP contribution in [0.1, 0.15) is 31.2 Å². The predicted molar refractivity (Wildman–Crippen MR) is 84.0 cm³/mol. The zero-order chi connectivity index (χ0) is 14.8. The highest BCUT2D eigenvalue weighted by atomic mass is 16.5. The zero-order valence-electron chi connectivity index (χ0n) is 12.7. The van der Waals surface area contributed by atoms with Gasteiger partial charge < -0.3 is 15.0 Å². The maximum Gasteiger partial charge on any atom is 0.246 e. The molecule has 1 saturated heterocycles. The van der Waals surface area contributed by atoms with Gasteiger partial charge >= 0.3 is 0 Å². The second kappa shape index (κ2) is 9.53. The van der Waals surface area contributed by atoms with E-state index in [1.807, 2.05) is 30.3 Å². The second-order valence-electron chi connectivity index (χ2n) is 5.58. The van der Waals surface area contributed by atoms with E-state index in [2.05, 4.69) is 10.2 Å². The summed E-state index contributed by atoms with van der Waals surface area (Å²) < 4.78 is 5.41. The van der Waals surface area contributed by atoms with E-state index in [0.717, 1.165) is 25.1 Å². The molecule has 0 aliphatic carbocycles. The Labute approximate surface area is 127 Å². The second-order valence-corrected chi connectivity index (χ2v) is 5.58. The molecule has 1 fully saturated rings. The Morgan fingerprint density at radius 2 is 1.90 bits per heavy atom. The molecule has 116 valence electrons. The molecule has 0 saturated carbocycles. The number of hydrogen-bond acceptors (Lipinski definition) is 3. The Morgan fingerprint density at radius 1 is 1.14 bits per heavy atom. The average molecular weight is 290 g/mol. The van der Waals surface area contributed by atoms with Crippen molar-refractivity contribution >= 4 is 5.91 Å². The Bertz CT molecular complexity index is 403. The lowest BCUT2D eigenvalue weighted by molar-refractivity contribution is -0.126. The number of rotatable bonds is 8. The third-order valence-electron chi connectivity index (χ3n) is 3.77. The van der Waals surface area contributed by atoms with Crippen LogP contribution in [0.5, 0.6) is 0 Å². The van der Waals surface area contributed by atoms with Gasteiger partial charge in [-0.2, -0.15) is 0 Å². The molecular formula is C17H26N2O2. The van der Waals surface area contributed by atoms with Crippen molar-refractivity contribution in [3.05, 3.63) is 35.9 Å². The molecule has 0 radical (unpaired) electrons. The molecule has 0 spiro atoms. The van der Waals surface area contributed by atoms with Gasteiger partial charge in [0.25, 0.3) is 0 Å². The standard InChI is InChI=1S/C17H26N2O2/c20-17(15-21-14-16-8-3-1-4-9-16)18-10-7-13-19-11-5-2-6-12-19/h1,3-4,8-9H,2,5-7,10-15H2,(H,18,20). The molecule has 0 aromatic heterocycles. The number of ether oxygens (including phenoxy) is 1. The normalized spacial score (nSPS) is 15.8. The SMILES string of the molecule is O=C(COCc1ccccc1)NCCCN1CCCCC1. The monoisotopic (exact) mass is 290 g/mol. The summed E-state index contributed by atoms with van der Waals surface area (Å²) in [4.78, 5) is 14.1. The first-order valence-electron chi connectivity index (χ1n) is 7.95. The van der Waals surface area contributed by atoms with Gasteiger partial charge in [0, 0.05) is 6.54 Å². The summed E-state index contributed by atoms with van der Waals surface area (Å²) in [5, 5.41) is 2.92. The largest absolute Gasteiger partial charge is 0.367 e. The van der Waals surface area contributed by atoms with Crippen molar-refractivity contribution in [3.8, 4) is 0 Å². The molecule has 4 heteroatoms. The topological polar surface area (TPSA) is 41.6 Å². The van der Waals surface area contributed by atoms with Crippen LogP contribution >= 0.6 is 0 Å². The van der Waals surface area contributed by atoms with Crippen LogP contribution in [0.25, 0.3) is 0 Å². The molecule has 1 aliphatic rings. The van der Waals surface area contributed by atoms with Crippen LogP contribution in [-0.2, 0) is 16.1 Å². The Hall–Kier alpha value is -1.39. The number of nitrogens with zero attached hydrogens (tertiary/aromatic N) is 1. The highest BCUT2D eigenvalue weighted by Crippen LogP contribution is 2.08. The third-order valence-corrected chi connectivity index (χ3v) is 3.77. The van der Waals surface area contributed by atoms with Crippen molar-refractivity contribution < 1.29 is 9.53 Å². The average Bonchev–Trinajstić information content (AvgIpc) is 2.54. The van der Waals surface area contributed by atoms with E-state index in [1.54, 1.807) is 0 Å². The number of hydrogen-bond donors (Lipinski definition) is 1. The summed E-state index contributed by atoms with van der Waals surface area (Å²) in [7, 11) is 0. The van der Waals surface area contributed by atoms with Gasteiger partial charge in [0.2, 0.25) is 5.91 Å². The summed E-state index contributed by atoms with van der Waals surface area (Å²) in [5.74, 6) is -0.0235. The molecular weight excluding hydrogens is 264 g/mol. The van der Waals surface area contributed by atoms with Gasteiger partial charge in [-0.25, -0.2) is 0 Å². The summed E-state index contributed by atoms with van der Waals surface area (Å²) in [5.41, 5.74) is 1.09. The van der Waals surface area contributed by atoms with Gasteiger partial charge in [-0.15, -0.1) is 0 Å². The molecule has 0 unspecified atom stereocenters. The Kier molecular flexibility index (Phi) is 7.25. The third kappa shape index (κ3) is 6.74. The molecule has 2 rings (SSSR count). The number of carbonyl (C=O) groups is 1. The van der Waals surface area contributed by atoms with E-state index in [-0.39, 0.29) is 12.5 Å². The van der Waals surface area contributed by atoms with Crippen LogP contribution in [0.4, 0.5) is 0 Å². The lowest BCUT2D eigenvalue weighted by Gasteiger charge is -2.26. The van der Waals surface area contributed by atoms with Crippen molar-refractivity contribution in [2.24, 2.45) is 0 Å². The molecule has 1 amide bonds. The van der Waals surface area contributed by atoms with Gasteiger partial charge in [0.1, 0.15) is 6.61 Å². The van der Waals surface area contributed by atoms with Crippen LogP contribution < -0.4 is 5.32 Å². The van der Waals surface area contributed by atoms with Gasteiger partial charge in [-0.1, -0.05) is 36.8 Å². The number of likely N-dealkylation sites (tertiary alicyclic amines) is 1. The highest BCUT2D eigenvalue weighted by Gasteiger charge is 2.09. The predicted octanol–water partition coefficient (Wildman–Crippen LogP) is 2.20. The number of nitrogens with one attached hydrogen (secondary N) is 1. The molecule has 4 nitrogen and oxygen atoms in total. The van der Waals surface area contributed by atoms with Crippen LogP contribution in [0.2, 0.25) is 0 Å². The number of benzene rings is 1. The van der Waals surface area contributed by atoms with Gasteiger partial charge in [0.05, 0.1) is 6.61 Å². The number of piperidine rings is 1. The van der Waals surface area contributed by atoms with Crippen LogP contribution in [0.15, 0.2) is 30.3 Å². The summed E-state index contributed by atoms with van der Waals surface area (Å²) in [6.07, 6.45) is 5.02. The molecule has 0 bridgehead atoms. The van der Waals surface area contributed by atoms with E-state index >= 15 is 0 Å². The van der Waals surface area contributed by atoms with Crippen molar-refractivity contribution in [3.63, 3.8) is 0 Å². The summed E-state index contributed by atoms with van der Waals surface area (Å²) in [6, 6.07) is 9.91. The van der Waals surface area contributed by atoms with Gasteiger partial charge in [-0.3, -0.25) is 4.79 Å². The lowest BCUT2D eigenvalue weighted by Crippen LogP contribution is -2.34. The maximum absolute atomic E-state index is 11.6. The van der Waals surface area contributed by atoms with Crippen LogP contribution in [0, 0.1) is 0 Å². The van der Waals surface area contributed by atoms with Gasteiger partial charge in [0.15, 0.2) is 0 Å². The number of amides is 1. The van der Waals surface area contributed by atoms with Crippen molar-refractivity contribution in [2.45, 2.75) is 32.3 Å². The molecule has 1 heterocycles. The minimum atomic E-state index is -0.0235.